The van der Waals surface area contributed by atoms with Gasteiger partial charge in [0.05, 0.1) is 5.60 Å². The zero-order valence-corrected chi connectivity index (χ0v) is 12.9. The number of hydrogen-bond acceptors (Lipinski definition) is 3. The lowest BCUT2D eigenvalue weighted by Crippen LogP contribution is -2.61. The molecule has 0 aromatic heterocycles. The van der Waals surface area contributed by atoms with Gasteiger partial charge in [0.1, 0.15) is 6.61 Å². The molecule has 6 heteroatoms. The van der Waals surface area contributed by atoms with Gasteiger partial charge < -0.3 is 9.84 Å². The molecule has 1 aliphatic heterocycles. The van der Waals surface area contributed by atoms with Crippen molar-refractivity contribution < 1.29 is 14.6 Å². The topological polar surface area (TPSA) is 49.8 Å². The predicted molar refractivity (Wildman–Crippen MR) is 76.4 cm³/mol. The maximum atomic E-state index is 10.5. The molecule has 0 spiro atoms. The van der Waals surface area contributed by atoms with Crippen molar-refractivity contribution in [3.8, 4) is 0 Å². The lowest BCUT2D eigenvalue weighted by atomic mass is 9.95. The summed E-state index contributed by atoms with van der Waals surface area (Å²) in [6.07, 6.45) is 0. The van der Waals surface area contributed by atoms with E-state index in [1.54, 1.807) is 0 Å². The quantitative estimate of drug-likeness (QED) is 0.889. The van der Waals surface area contributed by atoms with Crippen LogP contribution in [0.5, 0.6) is 0 Å². The summed E-state index contributed by atoms with van der Waals surface area (Å²) in [6, 6.07) is 5.82. The third-order valence-corrected chi connectivity index (χ3v) is 3.91. The molecule has 1 saturated heterocycles. The number of halogens is 2. The number of ether oxygens (including phenoxy) is 1. The number of benzene rings is 1. The van der Waals surface area contributed by atoms with Gasteiger partial charge in [0, 0.05) is 29.1 Å². The Morgan fingerprint density at radius 3 is 2.84 bits per heavy atom. The van der Waals surface area contributed by atoms with Crippen molar-refractivity contribution in [2.75, 3.05) is 19.7 Å². The molecule has 0 saturated carbocycles. The van der Waals surface area contributed by atoms with Crippen molar-refractivity contribution >= 4 is 33.5 Å². The number of aliphatic carboxylic acids is 1. The van der Waals surface area contributed by atoms with E-state index in [9.17, 15) is 4.79 Å². The van der Waals surface area contributed by atoms with E-state index in [0.717, 1.165) is 21.6 Å². The average Bonchev–Trinajstić information content (AvgIpc) is 2.28. The second kappa shape index (κ2) is 5.79. The summed E-state index contributed by atoms with van der Waals surface area (Å²) in [5.41, 5.74) is 0.699. The molecule has 104 valence electrons. The summed E-state index contributed by atoms with van der Waals surface area (Å²) >= 11 is 9.53. The number of nitrogens with zero attached hydrogens (tertiary/aromatic N) is 1. The van der Waals surface area contributed by atoms with Crippen molar-refractivity contribution in [1.29, 1.82) is 0 Å². The maximum Gasteiger partial charge on any atom is 0.329 e. The summed E-state index contributed by atoms with van der Waals surface area (Å²) in [5, 5.41) is 9.33. The van der Waals surface area contributed by atoms with Crippen molar-refractivity contribution in [1.82, 2.24) is 4.90 Å². The molecule has 0 unspecified atom stereocenters. The van der Waals surface area contributed by atoms with E-state index in [-0.39, 0.29) is 12.2 Å². The second-order valence-electron chi connectivity index (χ2n) is 5.01. The summed E-state index contributed by atoms with van der Waals surface area (Å²) in [4.78, 5) is 12.7. The van der Waals surface area contributed by atoms with Crippen LogP contribution in [0.1, 0.15) is 12.5 Å². The van der Waals surface area contributed by atoms with Crippen molar-refractivity contribution in [3.05, 3.63) is 33.3 Å². The summed E-state index contributed by atoms with van der Waals surface area (Å²) in [7, 11) is 0. The highest BCUT2D eigenvalue weighted by atomic mass is 79.9. The van der Waals surface area contributed by atoms with E-state index >= 15 is 0 Å². The zero-order chi connectivity index (χ0) is 14.0. The summed E-state index contributed by atoms with van der Waals surface area (Å²) in [5.74, 6) is -0.935. The highest BCUT2D eigenvalue weighted by molar-refractivity contribution is 9.10. The van der Waals surface area contributed by atoms with Gasteiger partial charge in [0.25, 0.3) is 0 Å². The summed E-state index contributed by atoms with van der Waals surface area (Å²) < 4.78 is 6.32. The van der Waals surface area contributed by atoms with E-state index < -0.39 is 5.97 Å². The average molecular weight is 349 g/mol. The van der Waals surface area contributed by atoms with Crippen LogP contribution >= 0.6 is 27.5 Å². The first kappa shape index (κ1) is 14.8. The van der Waals surface area contributed by atoms with Gasteiger partial charge in [-0.2, -0.15) is 0 Å². The molecule has 1 aliphatic rings. The highest BCUT2D eigenvalue weighted by Gasteiger charge is 2.40. The maximum absolute atomic E-state index is 10.5. The van der Waals surface area contributed by atoms with Gasteiger partial charge >= 0.3 is 5.97 Å². The Hall–Kier alpha value is -0.620. The SMILES string of the molecule is CC1(OCC(=O)O)CN(Cc2ccc(Br)cc2Cl)C1. The van der Waals surface area contributed by atoms with E-state index in [2.05, 4.69) is 20.8 Å². The Kier molecular flexibility index (Phi) is 4.50. The minimum Gasteiger partial charge on any atom is -0.480 e. The number of carbonyl (C=O) groups is 1. The number of carboxylic acid groups (broad SMARTS) is 1. The van der Waals surface area contributed by atoms with Crippen LogP contribution in [-0.2, 0) is 16.1 Å². The van der Waals surface area contributed by atoms with Crippen LogP contribution in [0.15, 0.2) is 22.7 Å². The van der Waals surface area contributed by atoms with Gasteiger partial charge in [0.15, 0.2) is 0 Å². The largest absolute Gasteiger partial charge is 0.480 e. The Bertz CT molecular complexity index is 489. The second-order valence-corrected chi connectivity index (χ2v) is 6.34. The molecule has 19 heavy (non-hydrogen) atoms. The molecule has 0 bridgehead atoms. The molecule has 0 aliphatic carbocycles. The summed E-state index contributed by atoms with van der Waals surface area (Å²) in [6.45, 7) is 3.86. The van der Waals surface area contributed by atoms with Crippen LogP contribution in [0.2, 0.25) is 5.02 Å². The molecule has 2 rings (SSSR count). The Morgan fingerprint density at radius 1 is 1.58 bits per heavy atom. The Balaban J connectivity index is 1.85. The highest BCUT2D eigenvalue weighted by Crippen LogP contribution is 2.29. The van der Waals surface area contributed by atoms with Crippen molar-refractivity contribution in [2.45, 2.75) is 19.1 Å². The Labute approximate surface area is 125 Å². The fourth-order valence-corrected chi connectivity index (χ4v) is 2.96. The van der Waals surface area contributed by atoms with E-state index in [0.29, 0.717) is 13.1 Å². The van der Waals surface area contributed by atoms with E-state index in [1.807, 2.05) is 25.1 Å². The lowest BCUT2D eigenvalue weighted by molar-refractivity contribution is -0.165. The fourth-order valence-electron chi connectivity index (χ4n) is 2.23. The minimum atomic E-state index is -0.935. The first-order chi connectivity index (χ1) is 8.88. The zero-order valence-electron chi connectivity index (χ0n) is 10.5. The normalized spacial score (nSPS) is 18.1. The van der Waals surface area contributed by atoms with Gasteiger partial charge in [0.2, 0.25) is 0 Å². The number of rotatable bonds is 5. The van der Waals surface area contributed by atoms with Crippen LogP contribution in [-0.4, -0.2) is 41.3 Å². The number of likely N-dealkylation sites (tertiary alicyclic amines) is 1. The molecular weight excluding hydrogens is 334 g/mol. The molecule has 4 nitrogen and oxygen atoms in total. The van der Waals surface area contributed by atoms with Gasteiger partial charge in [-0.3, -0.25) is 4.90 Å². The molecule has 0 atom stereocenters. The predicted octanol–water partition coefficient (Wildman–Crippen LogP) is 2.78. The van der Waals surface area contributed by atoms with Gasteiger partial charge in [-0.15, -0.1) is 0 Å². The van der Waals surface area contributed by atoms with Crippen molar-refractivity contribution in [3.63, 3.8) is 0 Å². The number of carboxylic acids is 1. The van der Waals surface area contributed by atoms with Crippen LogP contribution in [0.25, 0.3) is 0 Å². The molecule has 1 N–H and O–H groups in total. The molecule has 1 aromatic carbocycles. The standard InChI is InChI=1S/C13H15BrClNO3/c1-13(19-6-12(17)18)7-16(8-13)5-9-2-3-10(14)4-11(9)15/h2-4H,5-8H2,1H3,(H,17,18). The lowest BCUT2D eigenvalue weighted by Gasteiger charge is -2.47. The van der Waals surface area contributed by atoms with Gasteiger partial charge in [-0.1, -0.05) is 33.6 Å². The van der Waals surface area contributed by atoms with Gasteiger partial charge in [-0.05, 0) is 24.6 Å². The molecule has 1 aromatic rings. The first-order valence-corrected chi connectivity index (χ1v) is 7.07. The molecule has 0 radical (unpaired) electrons. The minimum absolute atomic E-state index is 0.247. The van der Waals surface area contributed by atoms with Crippen LogP contribution in [0.4, 0.5) is 0 Å². The molecule has 1 fully saturated rings. The fraction of sp³-hybridized carbons (Fsp3) is 0.462. The molecule has 0 amide bonds. The van der Waals surface area contributed by atoms with E-state index in [1.165, 1.54) is 0 Å². The molecular formula is C13H15BrClNO3. The van der Waals surface area contributed by atoms with Crippen LogP contribution < -0.4 is 0 Å². The number of hydrogen-bond donors (Lipinski definition) is 1. The Morgan fingerprint density at radius 2 is 2.26 bits per heavy atom. The van der Waals surface area contributed by atoms with Crippen LogP contribution in [0, 0.1) is 0 Å². The smallest absolute Gasteiger partial charge is 0.329 e. The third kappa shape index (κ3) is 3.92. The van der Waals surface area contributed by atoms with E-state index in [4.69, 9.17) is 21.4 Å². The van der Waals surface area contributed by atoms with Gasteiger partial charge in [-0.25, -0.2) is 4.79 Å². The van der Waals surface area contributed by atoms with Crippen LogP contribution in [0.3, 0.4) is 0 Å². The molecule has 1 heterocycles. The first-order valence-electron chi connectivity index (χ1n) is 5.90. The monoisotopic (exact) mass is 347 g/mol. The third-order valence-electron chi connectivity index (χ3n) is 3.07. The van der Waals surface area contributed by atoms with Crippen molar-refractivity contribution in [2.24, 2.45) is 0 Å².